The third kappa shape index (κ3) is 0.455. The molecule has 0 aliphatic carbocycles. The average Bonchev–Trinajstić information content (AvgIpc) is 1.86. The second-order valence-electron chi connectivity index (χ2n) is 1.86. The summed E-state index contributed by atoms with van der Waals surface area (Å²) in [5.41, 5.74) is 1.45. The fraction of sp³-hybridized carbons (Fsp3) is 0. The maximum absolute atomic E-state index is 10.5. The highest BCUT2D eigenvalue weighted by Gasteiger charge is 2.20. The Bertz CT molecular complexity index is 280. The second kappa shape index (κ2) is 1.31. The van der Waals surface area contributed by atoms with Crippen LogP contribution in [0.2, 0.25) is 0 Å². The van der Waals surface area contributed by atoms with Crippen molar-refractivity contribution in [2.24, 2.45) is 5.11 Å². The van der Waals surface area contributed by atoms with Gasteiger partial charge in [0.25, 0.3) is 5.69 Å². The molecule has 2 rings (SSSR count). The molecule has 1 aromatic carbocycles. The molecule has 3 nitrogen and oxygen atoms in total. The predicted molar refractivity (Wildman–Crippen MR) is 31.8 cm³/mol. The first-order valence-corrected chi connectivity index (χ1v) is 2.66. The zero-order valence-electron chi connectivity index (χ0n) is 4.61. The summed E-state index contributed by atoms with van der Waals surface area (Å²) in [5.74, 6) is 0. The van der Waals surface area contributed by atoms with E-state index in [4.69, 9.17) is 0 Å². The van der Waals surface area contributed by atoms with E-state index in [0.717, 1.165) is 5.69 Å². The fourth-order valence-electron chi connectivity index (χ4n) is 0.817. The van der Waals surface area contributed by atoms with Crippen molar-refractivity contribution in [3.63, 3.8) is 0 Å². The van der Waals surface area contributed by atoms with E-state index in [2.05, 4.69) is 5.11 Å². The summed E-state index contributed by atoms with van der Waals surface area (Å²) in [7, 11) is 0. The largest absolute Gasteiger partial charge is 0.594 e. The first-order chi connectivity index (χ1) is 4.38. The number of hydrogen-bond acceptors (Lipinski definition) is 2. The minimum absolute atomic E-state index is 0.620. The van der Waals surface area contributed by atoms with Crippen LogP contribution in [0.1, 0.15) is 0 Å². The van der Waals surface area contributed by atoms with Gasteiger partial charge in [0, 0.05) is 11.2 Å². The van der Waals surface area contributed by atoms with E-state index in [1.807, 2.05) is 18.2 Å². The van der Waals surface area contributed by atoms with Crippen molar-refractivity contribution in [3.05, 3.63) is 29.5 Å². The zero-order valence-corrected chi connectivity index (χ0v) is 4.61. The molecule has 0 radical (unpaired) electrons. The van der Waals surface area contributed by atoms with Crippen LogP contribution in [0, 0.1) is 5.21 Å². The molecule has 0 saturated carbocycles. The summed E-state index contributed by atoms with van der Waals surface area (Å²) in [5, 5.41) is 14.0. The van der Waals surface area contributed by atoms with Crippen LogP contribution in [0.25, 0.3) is 0 Å². The lowest BCUT2D eigenvalue weighted by Crippen LogP contribution is -1.98. The van der Waals surface area contributed by atoms with Gasteiger partial charge >= 0.3 is 0 Å². The number of fused-ring (bicyclic) bond motifs is 1. The Morgan fingerprint density at radius 1 is 1.33 bits per heavy atom. The highest BCUT2D eigenvalue weighted by molar-refractivity contribution is 5.58. The van der Waals surface area contributed by atoms with E-state index < -0.39 is 0 Å². The van der Waals surface area contributed by atoms with Gasteiger partial charge in [0.1, 0.15) is 0 Å². The van der Waals surface area contributed by atoms with E-state index in [1.165, 1.54) is 0 Å². The molecule has 1 heterocycles. The number of nitrogens with zero attached hydrogens (tertiary/aromatic N) is 2. The lowest BCUT2D eigenvalue weighted by molar-refractivity contribution is -0.454. The molecule has 0 spiro atoms. The molecule has 0 saturated heterocycles. The molecule has 9 heavy (non-hydrogen) atoms. The Hall–Kier alpha value is -1.38. The van der Waals surface area contributed by atoms with Crippen LogP contribution in [-0.2, 0) is 0 Å². The molecule has 1 aliphatic heterocycles. The van der Waals surface area contributed by atoms with Gasteiger partial charge in [-0.15, -0.1) is 0 Å². The minimum Gasteiger partial charge on any atom is -0.594 e. The molecule has 1 aromatic rings. The van der Waals surface area contributed by atoms with Crippen molar-refractivity contribution in [1.82, 2.24) is 0 Å². The second-order valence-corrected chi connectivity index (χ2v) is 1.86. The third-order valence-electron chi connectivity index (χ3n) is 1.29. The summed E-state index contributed by atoms with van der Waals surface area (Å²) < 4.78 is 0. The first kappa shape index (κ1) is 4.49. The molecule has 0 unspecified atom stereocenters. The maximum atomic E-state index is 10.5. The van der Waals surface area contributed by atoms with E-state index in [0.29, 0.717) is 10.5 Å². The van der Waals surface area contributed by atoms with Gasteiger partial charge in [-0.25, -0.2) is 0 Å². The number of hydrogen-bond donors (Lipinski definition) is 0. The van der Waals surface area contributed by atoms with E-state index in [-0.39, 0.29) is 0 Å². The molecule has 0 atom stereocenters. The van der Waals surface area contributed by atoms with E-state index in [9.17, 15) is 5.21 Å². The summed E-state index contributed by atoms with van der Waals surface area (Å²) in [4.78, 5) is 0.620. The molecule has 0 amide bonds. The molecular weight excluding hydrogens is 116 g/mol. The highest BCUT2D eigenvalue weighted by atomic mass is 16.5. The summed E-state index contributed by atoms with van der Waals surface area (Å²) in [6.45, 7) is 0. The van der Waals surface area contributed by atoms with Crippen molar-refractivity contribution in [1.29, 1.82) is 0 Å². The fourth-order valence-corrected chi connectivity index (χ4v) is 0.817. The van der Waals surface area contributed by atoms with E-state index in [1.54, 1.807) is 6.07 Å². The Balaban J connectivity index is 2.61. The predicted octanol–water partition coefficient (Wildman–Crippen LogP) is 1.93. The lowest BCUT2D eigenvalue weighted by atomic mass is 10.2. The number of rotatable bonds is 0. The molecule has 44 valence electrons. The number of azo groups is 1. The molecule has 3 heteroatoms. The molecule has 1 aliphatic rings. The Morgan fingerprint density at radius 3 is 2.67 bits per heavy atom. The van der Waals surface area contributed by atoms with Crippen molar-refractivity contribution in [2.75, 3.05) is 0 Å². The van der Waals surface area contributed by atoms with Crippen molar-refractivity contribution in [2.45, 2.75) is 0 Å². The van der Waals surface area contributed by atoms with E-state index >= 15 is 0 Å². The van der Waals surface area contributed by atoms with Gasteiger partial charge in [-0.3, -0.25) is 0 Å². The number of benzene rings is 1. The van der Waals surface area contributed by atoms with Crippen LogP contribution < -0.4 is 0 Å². The summed E-state index contributed by atoms with van der Waals surface area (Å²) in [6.07, 6.45) is 0. The number of para-hydroxylation sites is 1. The van der Waals surface area contributed by atoms with Crippen molar-refractivity contribution >= 4 is 11.4 Å². The summed E-state index contributed by atoms with van der Waals surface area (Å²) >= 11 is 0. The van der Waals surface area contributed by atoms with Crippen LogP contribution in [0.15, 0.2) is 29.4 Å². The molecule has 0 N–H and O–H groups in total. The van der Waals surface area contributed by atoms with Crippen molar-refractivity contribution in [3.8, 4) is 0 Å². The van der Waals surface area contributed by atoms with Crippen LogP contribution in [0.3, 0.4) is 0 Å². The quantitative estimate of drug-likeness (QED) is 0.380. The normalized spacial score (nSPS) is 13.6. The standard InChI is InChI=1S/C6H4N2O/c9-8-6-4-2-1-3-5(6)7-8/h1-4H. The molecular formula is C6H4N2O. The smallest absolute Gasteiger partial charge is 0.276 e. The zero-order chi connectivity index (χ0) is 6.27. The average molecular weight is 120 g/mol. The van der Waals surface area contributed by atoms with Crippen LogP contribution >= 0.6 is 0 Å². The Kier molecular flexibility index (Phi) is 0.656. The maximum Gasteiger partial charge on any atom is 0.276 e. The lowest BCUT2D eigenvalue weighted by Gasteiger charge is -2.07. The van der Waals surface area contributed by atoms with Gasteiger partial charge in [0.05, 0.1) is 0 Å². The van der Waals surface area contributed by atoms with Crippen LogP contribution in [-0.4, -0.2) is 4.86 Å². The van der Waals surface area contributed by atoms with Gasteiger partial charge in [-0.05, 0) is 10.9 Å². The summed E-state index contributed by atoms with van der Waals surface area (Å²) in [6, 6.07) is 7.23. The Labute approximate surface area is 51.8 Å². The van der Waals surface area contributed by atoms with Gasteiger partial charge in [-0.1, -0.05) is 12.1 Å². The first-order valence-electron chi connectivity index (χ1n) is 2.66. The Morgan fingerprint density at radius 2 is 2.11 bits per heavy atom. The topological polar surface area (TPSA) is 38.4 Å². The van der Waals surface area contributed by atoms with Crippen molar-refractivity contribution < 1.29 is 4.86 Å². The van der Waals surface area contributed by atoms with Gasteiger partial charge in [0.15, 0.2) is 0 Å². The highest BCUT2D eigenvalue weighted by Crippen LogP contribution is 2.34. The molecule has 0 bridgehead atoms. The third-order valence-corrected chi connectivity index (χ3v) is 1.29. The SMILES string of the molecule is [O-][N+]1=Nc2ccccc21. The van der Waals surface area contributed by atoms with Gasteiger partial charge < -0.3 is 5.21 Å². The minimum atomic E-state index is 0.620. The van der Waals surface area contributed by atoms with Crippen LogP contribution in [0.4, 0.5) is 11.4 Å². The molecule has 0 fully saturated rings. The van der Waals surface area contributed by atoms with Crippen LogP contribution in [0.5, 0.6) is 0 Å². The van der Waals surface area contributed by atoms with Gasteiger partial charge in [0.2, 0.25) is 5.69 Å². The van der Waals surface area contributed by atoms with Gasteiger partial charge in [-0.2, -0.15) is 0 Å². The molecule has 0 aromatic heterocycles. The monoisotopic (exact) mass is 120 g/mol.